The molecule has 1 aliphatic rings. The van der Waals surface area contributed by atoms with Gasteiger partial charge in [-0.1, -0.05) is 48.5 Å². The van der Waals surface area contributed by atoms with Gasteiger partial charge in [0.1, 0.15) is 13.2 Å². The van der Waals surface area contributed by atoms with Gasteiger partial charge in [0.25, 0.3) is 0 Å². The van der Waals surface area contributed by atoms with Crippen LogP contribution in [0.4, 0.5) is 10.5 Å². The maximum absolute atomic E-state index is 12.4. The number of carbonyl (C=O) groups excluding carboxylic acids is 2. The van der Waals surface area contributed by atoms with Crippen molar-refractivity contribution in [3.05, 3.63) is 72.1 Å². The third kappa shape index (κ3) is 4.62. The molecular weight excluding hydrogens is 440 g/mol. The van der Waals surface area contributed by atoms with Crippen molar-refractivity contribution in [2.75, 3.05) is 18.5 Å². The molecule has 3 aromatic rings. The number of hydrogen-bond donors (Lipinski definition) is 4. The fraction of sp³-hybridized carbons (Fsp3) is 0.250. The molecule has 2 amide bonds. The second-order valence-electron chi connectivity index (χ2n) is 8.22. The van der Waals surface area contributed by atoms with E-state index in [-0.39, 0.29) is 19.1 Å². The first-order chi connectivity index (χ1) is 16.3. The van der Waals surface area contributed by atoms with Crippen LogP contribution in [0.25, 0.3) is 11.1 Å². The number of carboxylic acids is 1. The summed E-state index contributed by atoms with van der Waals surface area (Å²) in [6, 6.07) is 16.1. The number of nitrogens with one attached hydrogen (secondary N) is 2. The van der Waals surface area contributed by atoms with Crippen LogP contribution in [0.1, 0.15) is 24.0 Å². The molecule has 1 unspecified atom stereocenters. The van der Waals surface area contributed by atoms with Gasteiger partial charge in [0.15, 0.2) is 5.54 Å². The van der Waals surface area contributed by atoms with Crippen LogP contribution in [0.15, 0.2) is 60.9 Å². The lowest BCUT2D eigenvalue weighted by molar-refractivity contribution is -0.148. The normalized spacial score (nSPS) is 13.9. The lowest BCUT2D eigenvalue weighted by Gasteiger charge is -2.23. The van der Waals surface area contributed by atoms with Gasteiger partial charge in [-0.3, -0.25) is 14.8 Å². The number of aliphatic carboxylic acids is 1. The van der Waals surface area contributed by atoms with Gasteiger partial charge < -0.3 is 20.3 Å². The highest BCUT2D eigenvalue weighted by Gasteiger charge is 2.34. The number of hydrogen-bond acceptors (Lipinski definition) is 6. The Morgan fingerprint density at radius 1 is 1.09 bits per heavy atom. The van der Waals surface area contributed by atoms with Crippen molar-refractivity contribution < 1.29 is 29.3 Å². The van der Waals surface area contributed by atoms with Gasteiger partial charge in [-0.2, -0.15) is 5.10 Å². The zero-order valence-electron chi connectivity index (χ0n) is 18.4. The van der Waals surface area contributed by atoms with Gasteiger partial charge in [-0.25, -0.2) is 9.59 Å². The number of aliphatic hydroxyl groups is 1. The summed E-state index contributed by atoms with van der Waals surface area (Å²) in [5.74, 6) is -2.09. The number of ether oxygens (including phenoxy) is 1. The minimum Gasteiger partial charge on any atom is -0.479 e. The van der Waals surface area contributed by atoms with Gasteiger partial charge in [0.05, 0.1) is 18.5 Å². The van der Waals surface area contributed by atoms with E-state index in [9.17, 15) is 19.5 Å². The van der Waals surface area contributed by atoms with Crippen molar-refractivity contribution in [2.24, 2.45) is 0 Å². The maximum atomic E-state index is 12.4. The molecule has 1 heterocycles. The van der Waals surface area contributed by atoms with E-state index in [4.69, 9.17) is 9.84 Å². The number of aliphatic hydroxyl groups excluding tert-OH is 1. The van der Waals surface area contributed by atoms with E-state index >= 15 is 0 Å². The third-order valence-corrected chi connectivity index (χ3v) is 5.73. The van der Waals surface area contributed by atoms with E-state index < -0.39 is 30.1 Å². The van der Waals surface area contributed by atoms with Gasteiger partial charge in [0.2, 0.25) is 5.91 Å². The summed E-state index contributed by atoms with van der Waals surface area (Å²) in [6.07, 6.45) is 2.10. The predicted octanol–water partition coefficient (Wildman–Crippen LogP) is 2.20. The SMILES string of the molecule is CC(CO)(NC(=O)Cn1cc(NC(=O)OCC2c3ccccc3-c3ccccc32)cn1)C(=O)O. The summed E-state index contributed by atoms with van der Waals surface area (Å²) < 4.78 is 6.71. The Kier molecular flexibility index (Phi) is 6.33. The Morgan fingerprint density at radius 3 is 2.29 bits per heavy atom. The fourth-order valence-corrected chi connectivity index (χ4v) is 3.92. The summed E-state index contributed by atoms with van der Waals surface area (Å²) in [6.45, 7) is 0.294. The van der Waals surface area contributed by atoms with Crippen LogP contribution in [0, 0.1) is 0 Å². The number of anilines is 1. The second kappa shape index (κ2) is 9.36. The monoisotopic (exact) mass is 464 g/mol. The highest BCUT2D eigenvalue weighted by molar-refractivity contribution is 5.87. The van der Waals surface area contributed by atoms with Crippen LogP contribution in [-0.4, -0.2) is 56.7 Å². The average molecular weight is 464 g/mol. The Hall–Kier alpha value is -4.18. The Morgan fingerprint density at radius 2 is 1.71 bits per heavy atom. The molecule has 0 spiro atoms. The van der Waals surface area contributed by atoms with Crippen LogP contribution < -0.4 is 10.6 Å². The van der Waals surface area contributed by atoms with Crippen molar-refractivity contribution in [1.82, 2.24) is 15.1 Å². The Bertz CT molecular complexity index is 1190. The summed E-state index contributed by atoms with van der Waals surface area (Å²) >= 11 is 0. The topological polar surface area (TPSA) is 143 Å². The second-order valence-corrected chi connectivity index (χ2v) is 8.22. The molecule has 176 valence electrons. The van der Waals surface area contributed by atoms with Gasteiger partial charge in [-0.15, -0.1) is 0 Å². The highest BCUT2D eigenvalue weighted by atomic mass is 16.5. The van der Waals surface area contributed by atoms with Gasteiger partial charge in [0, 0.05) is 12.1 Å². The molecule has 0 bridgehead atoms. The first-order valence-electron chi connectivity index (χ1n) is 10.6. The molecule has 0 fully saturated rings. The third-order valence-electron chi connectivity index (χ3n) is 5.73. The highest BCUT2D eigenvalue weighted by Crippen LogP contribution is 2.44. The number of rotatable bonds is 8. The summed E-state index contributed by atoms with van der Waals surface area (Å²) in [4.78, 5) is 35.7. The Labute approximate surface area is 195 Å². The van der Waals surface area contributed by atoms with Crippen molar-refractivity contribution in [3.63, 3.8) is 0 Å². The largest absolute Gasteiger partial charge is 0.479 e. The van der Waals surface area contributed by atoms with E-state index in [0.717, 1.165) is 22.3 Å². The Balaban J connectivity index is 1.34. The predicted molar refractivity (Wildman–Crippen MR) is 122 cm³/mol. The lowest BCUT2D eigenvalue weighted by atomic mass is 9.98. The van der Waals surface area contributed by atoms with Crippen LogP contribution in [0.2, 0.25) is 0 Å². The number of amides is 2. The number of fused-ring (bicyclic) bond motifs is 3. The molecule has 2 aromatic carbocycles. The molecule has 1 aliphatic carbocycles. The molecule has 10 heteroatoms. The zero-order valence-corrected chi connectivity index (χ0v) is 18.4. The molecule has 1 atom stereocenters. The number of benzene rings is 2. The van der Waals surface area contributed by atoms with Crippen LogP contribution in [0.5, 0.6) is 0 Å². The minimum absolute atomic E-state index is 0.0698. The smallest absolute Gasteiger partial charge is 0.411 e. The van der Waals surface area contributed by atoms with Crippen LogP contribution in [-0.2, 0) is 20.9 Å². The zero-order chi connectivity index (χ0) is 24.3. The molecule has 34 heavy (non-hydrogen) atoms. The quantitative estimate of drug-likeness (QED) is 0.400. The average Bonchev–Trinajstić information content (AvgIpc) is 3.39. The molecule has 10 nitrogen and oxygen atoms in total. The van der Waals surface area contributed by atoms with Crippen molar-refractivity contribution in [3.8, 4) is 11.1 Å². The maximum Gasteiger partial charge on any atom is 0.411 e. The summed E-state index contributed by atoms with van der Waals surface area (Å²) in [5, 5.41) is 27.2. The molecule has 0 saturated heterocycles. The summed E-state index contributed by atoms with van der Waals surface area (Å²) in [5.41, 5.74) is 2.98. The number of carboxylic acid groups (broad SMARTS) is 1. The van der Waals surface area contributed by atoms with E-state index in [2.05, 4.69) is 27.9 Å². The van der Waals surface area contributed by atoms with E-state index in [1.165, 1.54) is 24.0 Å². The molecule has 4 rings (SSSR count). The molecule has 0 radical (unpaired) electrons. The van der Waals surface area contributed by atoms with Crippen molar-refractivity contribution in [1.29, 1.82) is 0 Å². The number of carbonyl (C=O) groups is 3. The van der Waals surface area contributed by atoms with Crippen LogP contribution in [0.3, 0.4) is 0 Å². The van der Waals surface area contributed by atoms with E-state index in [0.29, 0.717) is 5.69 Å². The lowest BCUT2D eigenvalue weighted by Crippen LogP contribution is -2.55. The first-order valence-corrected chi connectivity index (χ1v) is 10.6. The standard InChI is InChI=1S/C24H24N4O6/c1-24(14-29,22(31)32)27-21(30)12-28-11-15(10-25-28)26-23(33)34-13-20-18-8-4-2-6-16(18)17-7-3-5-9-19(17)20/h2-11,20,29H,12-14H2,1H3,(H,26,33)(H,27,30)(H,31,32). The van der Waals surface area contributed by atoms with E-state index in [1.807, 2.05) is 36.4 Å². The van der Waals surface area contributed by atoms with Crippen LogP contribution >= 0.6 is 0 Å². The molecule has 4 N–H and O–H groups in total. The van der Waals surface area contributed by atoms with E-state index in [1.54, 1.807) is 0 Å². The molecule has 0 aliphatic heterocycles. The fourth-order valence-electron chi connectivity index (χ4n) is 3.92. The number of aromatic nitrogens is 2. The molecule has 0 saturated carbocycles. The van der Waals surface area contributed by atoms with Gasteiger partial charge in [-0.05, 0) is 29.2 Å². The van der Waals surface area contributed by atoms with Crippen molar-refractivity contribution >= 4 is 23.7 Å². The number of nitrogens with zero attached hydrogens (tertiary/aromatic N) is 2. The minimum atomic E-state index is -1.80. The molecule has 1 aromatic heterocycles. The van der Waals surface area contributed by atoms with Gasteiger partial charge >= 0.3 is 12.1 Å². The summed E-state index contributed by atoms with van der Waals surface area (Å²) in [7, 11) is 0. The first kappa shape index (κ1) is 23.0. The van der Waals surface area contributed by atoms with Crippen molar-refractivity contribution in [2.45, 2.75) is 24.9 Å². The molecular formula is C24H24N4O6.